The fourth-order valence-electron chi connectivity index (χ4n) is 1.93. The van der Waals surface area contributed by atoms with Crippen LogP contribution < -0.4 is 5.32 Å². The molecule has 0 radical (unpaired) electrons. The maximum absolute atomic E-state index is 5.68. The van der Waals surface area contributed by atoms with Gasteiger partial charge in [0.05, 0.1) is 19.3 Å². The van der Waals surface area contributed by atoms with Gasteiger partial charge >= 0.3 is 0 Å². The Morgan fingerprint density at radius 1 is 1.43 bits per heavy atom. The highest BCUT2D eigenvalue weighted by Gasteiger charge is 2.14. The Labute approximate surface area is 85.1 Å². The summed E-state index contributed by atoms with van der Waals surface area (Å²) in [7, 11) is 0. The zero-order chi connectivity index (χ0) is 9.97. The highest BCUT2D eigenvalue weighted by atomic mass is 16.5. The number of hydrogen-bond donors (Lipinski definition) is 1. The molecule has 0 saturated carbocycles. The summed E-state index contributed by atoms with van der Waals surface area (Å²) in [6, 6.07) is 4.32. The van der Waals surface area contributed by atoms with Gasteiger partial charge in [0, 0.05) is 24.5 Å². The third-order valence-corrected chi connectivity index (χ3v) is 2.81. The summed E-state index contributed by atoms with van der Waals surface area (Å²) in [5.41, 5.74) is 2.63. The summed E-state index contributed by atoms with van der Waals surface area (Å²) >= 11 is 0. The van der Waals surface area contributed by atoms with Crippen molar-refractivity contribution >= 4 is 0 Å². The predicted octanol–water partition coefficient (Wildman–Crippen LogP) is 1.09. The second-order valence-corrected chi connectivity index (χ2v) is 3.92. The lowest BCUT2D eigenvalue weighted by molar-refractivity contribution is 0.0177. The molecule has 0 aliphatic carbocycles. The standard InChI is InChI=1S/C11H18N2O/c1-9-3-4-10(2)13(9)8-11-7-12-5-6-14-11/h3-4,11-12H,5-8H2,1-2H3. The van der Waals surface area contributed by atoms with Crippen molar-refractivity contribution in [3.8, 4) is 0 Å². The van der Waals surface area contributed by atoms with E-state index in [9.17, 15) is 0 Å². The fraction of sp³-hybridized carbons (Fsp3) is 0.636. The minimum absolute atomic E-state index is 0.327. The zero-order valence-corrected chi connectivity index (χ0v) is 8.92. The summed E-state index contributed by atoms with van der Waals surface area (Å²) in [4.78, 5) is 0. The molecule has 1 atom stereocenters. The Bertz CT molecular complexity index is 281. The third-order valence-electron chi connectivity index (χ3n) is 2.81. The molecule has 0 spiro atoms. The molecule has 1 aliphatic heterocycles. The average molecular weight is 194 g/mol. The molecule has 0 aromatic carbocycles. The second-order valence-electron chi connectivity index (χ2n) is 3.92. The minimum atomic E-state index is 0.327. The second kappa shape index (κ2) is 4.15. The number of nitrogens with zero attached hydrogens (tertiary/aromatic N) is 1. The van der Waals surface area contributed by atoms with Crippen LogP contribution in [0.4, 0.5) is 0 Å². The van der Waals surface area contributed by atoms with Crippen LogP contribution in [-0.2, 0) is 11.3 Å². The van der Waals surface area contributed by atoms with E-state index in [1.165, 1.54) is 11.4 Å². The fourth-order valence-corrected chi connectivity index (χ4v) is 1.93. The van der Waals surface area contributed by atoms with Crippen molar-refractivity contribution in [2.24, 2.45) is 0 Å². The smallest absolute Gasteiger partial charge is 0.0878 e. The van der Waals surface area contributed by atoms with Gasteiger partial charge in [-0.3, -0.25) is 0 Å². The number of hydrogen-bond acceptors (Lipinski definition) is 2. The molecule has 1 aromatic rings. The van der Waals surface area contributed by atoms with Crippen LogP contribution in [0.5, 0.6) is 0 Å². The Balaban J connectivity index is 2.02. The van der Waals surface area contributed by atoms with Crippen molar-refractivity contribution in [1.29, 1.82) is 0 Å². The van der Waals surface area contributed by atoms with Gasteiger partial charge in [0.2, 0.25) is 0 Å². The topological polar surface area (TPSA) is 26.2 Å². The van der Waals surface area contributed by atoms with E-state index in [4.69, 9.17) is 4.74 Å². The van der Waals surface area contributed by atoms with Gasteiger partial charge in [-0.1, -0.05) is 0 Å². The summed E-state index contributed by atoms with van der Waals surface area (Å²) in [6.45, 7) is 8.05. The van der Waals surface area contributed by atoms with Gasteiger partial charge in [0.15, 0.2) is 0 Å². The van der Waals surface area contributed by atoms with E-state index in [0.717, 1.165) is 26.2 Å². The minimum Gasteiger partial charge on any atom is -0.374 e. The van der Waals surface area contributed by atoms with Gasteiger partial charge in [-0.15, -0.1) is 0 Å². The predicted molar refractivity (Wildman–Crippen MR) is 56.5 cm³/mol. The summed E-state index contributed by atoms with van der Waals surface area (Å²) in [6.07, 6.45) is 0.327. The van der Waals surface area contributed by atoms with Crippen molar-refractivity contribution in [3.05, 3.63) is 23.5 Å². The van der Waals surface area contributed by atoms with E-state index in [-0.39, 0.29) is 0 Å². The number of ether oxygens (including phenoxy) is 1. The molecule has 14 heavy (non-hydrogen) atoms. The molecule has 2 heterocycles. The van der Waals surface area contributed by atoms with Crippen molar-refractivity contribution in [3.63, 3.8) is 0 Å². The molecule has 1 fully saturated rings. The highest BCUT2D eigenvalue weighted by molar-refractivity contribution is 5.13. The number of rotatable bonds is 2. The normalized spacial score (nSPS) is 22.6. The molecule has 1 N–H and O–H groups in total. The van der Waals surface area contributed by atoms with Crippen LogP contribution in [0.2, 0.25) is 0 Å². The highest BCUT2D eigenvalue weighted by Crippen LogP contribution is 2.10. The van der Waals surface area contributed by atoms with Crippen LogP contribution in [0.15, 0.2) is 12.1 Å². The van der Waals surface area contributed by atoms with Crippen LogP contribution in [0, 0.1) is 13.8 Å². The summed E-state index contributed by atoms with van der Waals surface area (Å²) in [5.74, 6) is 0. The molecule has 1 aromatic heterocycles. The average Bonchev–Trinajstić information content (AvgIpc) is 2.51. The number of morpholine rings is 1. The zero-order valence-electron chi connectivity index (χ0n) is 8.92. The van der Waals surface area contributed by atoms with Crippen LogP contribution >= 0.6 is 0 Å². The Kier molecular flexibility index (Phi) is 2.89. The molecule has 1 unspecified atom stereocenters. The molecule has 3 heteroatoms. The van der Waals surface area contributed by atoms with E-state index < -0.39 is 0 Å². The molecule has 2 rings (SSSR count). The maximum Gasteiger partial charge on any atom is 0.0878 e. The number of nitrogens with one attached hydrogen (secondary N) is 1. The van der Waals surface area contributed by atoms with Gasteiger partial charge < -0.3 is 14.6 Å². The Morgan fingerprint density at radius 2 is 2.14 bits per heavy atom. The van der Waals surface area contributed by atoms with Crippen LogP contribution in [0.3, 0.4) is 0 Å². The molecule has 0 bridgehead atoms. The number of aromatic nitrogens is 1. The largest absolute Gasteiger partial charge is 0.374 e. The first-order valence-corrected chi connectivity index (χ1v) is 5.22. The van der Waals surface area contributed by atoms with E-state index in [0.29, 0.717) is 6.10 Å². The van der Waals surface area contributed by atoms with Crippen molar-refractivity contribution in [2.45, 2.75) is 26.5 Å². The van der Waals surface area contributed by atoms with Gasteiger partial charge in [0.25, 0.3) is 0 Å². The molecular weight excluding hydrogens is 176 g/mol. The molecule has 78 valence electrons. The lowest BCUT2D eigenvalue weighted by Crippen LogP contribution is -2.41. The first-order valence-electron chi connectivity index (χ1n) is 5.22. The molecule has 1 saturated heterocycles. The van der Waals surface area contributed by atoms with E-state index >= 15 is 0 Å². The van der Waals surface area contributed by atoms with Crippen LogP contribution in [0.1, 0.15) is 11.4 Å². The Morgan fingerprint density at radius 3 is 2.71 bits per heavy atom. The molecule has 1 aliphatic rings. The molecular formula is C11H18N2O. The van der Waals surface area contributed by atoms with E-state index in [1.807, 2.05) is 0 Å². The molecule has 0 amide bonds. The first kappa shape index (κ1) is 9.74. The first-order chi connectivity index (χ1) is 6.77. The quantitative estimate of drug-likeness (QED) is 0.763. The third kappa shape index (κ3) is 1.99. The summed E-state index contributed by atoms with van der Waals surface area (Å²) < 4.78 is 8.00. The van der Waals surface area contributed by atoms with Gasteiger partial charge in [-0.25, -0.2) is 0 Å². The van der Waals surface area contributed by atoms with Gasteiger partial charge in [0.1, 0.15) is 0 Å². The lowest BCUT2D eigenvalue weighted by Gasteiger charge is -2.25. The van der Waals surface area contributed by atoms with Crippen LogP contribution in [-0.4, -0.2) is 30.4 Å². The lowest BCUT2D eigenvalue weighted by atomic mass is 10.3. The van der Waals surface area contributed by atoms with Gasteiger partial charge in [-0.05, 0) is 26.0 Å². The van der Waals surface area contributed by atoms with Crippen molar-refractivity contribution in [2.75, 3.05) is 19.7 Å². The SMILES string of the molecule is Cc1ccc(C)n1CC1CNCCO1. The molecule has 3 nitrogen and oxygen atoms in total. The van der Waals surface area contributed by atoms with Crippen LogP contribution in [0.25, 0.3) is 0 Å². The van der Waals surface area contributed by atoms with Crippen molar-refractivity contribution in [1.82, 2.24) is 9.88 Å². The Hall–Kier alpha value is -0.800. The van der Waals surface area contributed by atoms with Crippen molar-refractivity contribution < 1.29 is 4.74 Å². The maximum atomic E-state index is 5.68. The number of aryl methyl sites for hydroxylation is 2. The van der Waals surface area contributed by atoms with E-state index in [2.05, 4.69) is 35.9 Å². The van der Waals surface area contributed by atoms with Gasteiger partial charge in [-0.2, -0.15) is 0 Å². The van der Waals surface area contributed by atoms with E-state index in [1.54, 1.807) is 0 Å². The monoisotopic (exact) mass is 194 g/mol. The summed E-state index contributed by atoms with van der Waals surface area (Å²) in [5, 5.41) is 3.35.